The van der Waals surface area contributed by atoms with Crippen LogP contribution in [-0.4, -0.2) is 45.0 Å². The van der Waals surface area contributed by atoms with Crippen molar-refractivity contribution in [2.75, 3.05) is 37.9 Å². The van der Waals surface area contributed by atoms with E-state index in [2.05, 4.69) is 40.0 Å². The van der Waals surface area contributed by atoms with E-state index in [-0.39, 0.29) is 12.6 Å². The lowest BCUT2D eigenvalue weighted by Crippen LogP contribution is -2.48. The summed E-state index contributed by atoms with van der Waals surface area (Å²) in [4.78, 5) is 7.17. The van der Waals surface area contributed by atoms with Gasteiger partial charge in [0.2, 0.25) is 0 Å². The van der Waals surface area contributed by atoms with E-state index in [0.717, 1.165) is 55.3 Å². The maximum absolute atomic E-state index is 13.9. The smallest absolute Gasteiger partial charge is 0.191 e. The molecule has 162 valence electrons. The molecule has 3 heterocycles. The highest BCUT2D eigenvalue weighted by Gasteiger charge is 2.21. The Hall–Kier alpha value is -2.32. The normalized spacial score (nSPS) is 17.4. The molecule has 0 unspecified atom stereocenters. The number of hydrogen-bond donors (Lipinski definition) is 2. The molecule has 6 nitrogen and oxygen atoms in total. The first-order chi connectivity index (χ1) is 14.7. The van der Waals surface area contributed by atoms with E-state index in [1.54, 1.807) is 17.4 Å². The van der Waals surface area contributed by atoms with Crippen molar-refractivity contribution in [3.63, 3.8) is 0 Å². The number of benzene rings is 1. The Morgan fingerprint density at radius 2 is 2.20 bits per heavy atom. The SMILES string of the molecule is CCNC(=NCCc1cc(F)cc2c1OCOC2)NC1CCN(c2cccs2)CC1. The summed E-state index contributed by atoms with van der Waals surface area (Å²) in [7, 11) is 0. The Morgan fingerprint density at radius 3 is 2.97 bits per heavy atom. The van der Waals surface area contributed by atoms with Gasteiger partial charge in [-0.05, 0) is 61.4 Å². The number of halogens is 1. The Morgan fingerprint density at radius 1 is 1.33 bits per heavy atom. The minimum Gasteiger partial charge on any atom is -0.467 e. The third-order valence-electron chi connectivity index (χ3n) is 5.40. The van der Waals surface area contributed by atoms with Crippen molar-refractivity contribution in [2.45, 2.75) is 38.8 Å². The molecule has 2 N–H and O–H groups in total. The molecule has 0 aliphatic carbocycles. The zero-order chi connectivity index (χ0) is 20.8. The van der Waals surface area contributed by atoms with Gasteiger partial charge in [-0.3, -0.25) is 4.99 Å². The van der Waals surface area contributed by atoms with Crippen molar-refractivity contribution in [3.8, 4) is 5.75 Å². The fourth-order valence-electron chi connectivity index (χ4n) is 3.94. The van der Waals surface area contributed by atoms with Gasteiger partial charge in [0.1, 0.15) is 11.6 Å². The molecule has 1 saturated heterocycles. The van der Waals surface area contributed by atoms with Crippen LogP contribution in [0.2, 0.25) is 0 Å². The summed E-state index contributed by atoms with van der Waals surface area (Å²) in [5.41, 5.74) is 1.61. The van der Waals surface area contributed by atoms with Crippen LogP contribution in [0.3, 0.4) is 0 Å². The summed E-state index contributed by atoms with van der Waals surface area (Å²) < 4.78 is 24.8. The summed E-state index contributed by atoms with van der Waals surface area (Å²) >= 11 is 1.80. The number of hydrogen-bond acceptors (Lipinski definition) is 5. The van der Waals surface area contributed by atoms with E-state index in [4.69, 9.17) is 14.5 Å². The Kier molecular flexibility index (Phi) is 7.07. The minimum atomic E-state index is -0.260. The molecular formula is C22H29FN4O2S. The highest BCUT2D eigenvalue weighted by molar-refractivity contribution is 7.14. The largest absolute Gasteiger partial charge is 0.467 e. The van der Waals surface area contributed by atoms with E-state index in [1.165, 1.54) is 11.1 Å². The molecule has 2 aliphatic rings. The van der Waals surface area contributed by atoms with E-state index in [9.17, 15) is 4.39 Å². The summed E-state index contributed by atoms with van der Waals surface area (Å²) in [5.74, 6) is 1.31. The van der Waals surface area contributed by atoms with Crippen LogP contribution in [0, 0.1) is 5.82 Å². The second kappa shape index (κ2) is 10.1. The lowest BCUT2D eigenvalue weighted by molar-refractivity contribution is -0.0172. The first-order valence-electron chi connectivity index (χ1n) is 10.6. The molecule has 0 bridgehead atoms. The summed E-state index contributed by atoms with van der Waals surface area (Å²) in [6, 6.07) is 7.72. The first kappa shape index (κ1) is 20.9. The number of nitrogens with one attached hydrogen (secondary N) is 2. The summed E-state index contributed by atoms with van der Waals surface area (Å²) in [6.07, 6.45) is 2.77. The van der Waals surface area contributed by atoms with Gasteiger partial charge in [0, 0.05) is 37.8 Å². The number of ether oxygens (including phenoxy) is 2. The maximum atomic E-state index is 13.9. The highest BCUT2D eigenvalue weighted by Crippen LogP contribution is 2.30. The van der Waals surface area contributed by atoms with Crippen molar-refractivity contribution in [3.05, 3.63) is 46.6 Å². The minimum absolute atomic E-state index is 0.212. The molecule has 1 aromatic carbocycles. The van der Waals surface area contributed by atoms with Crippen LogP contribution in [0.25, 0.3) is 0 Å². The Bertz CT molecular complexity index is 851. The van der Waals surface area contributed by atoms with Crippen LogP contribution in [0.1, 0.15) is 30.9 Å². The second-order valence-corrected chi connectivity index (χ2v) is 8.46. The van der Waals surface area contributed by atoms with Gasteiger partial charge in [0.15, 0.2) is 12.8 Å². The third-order valence-corrected chi connectivity index (χ3v) is 6.33. The number of piperidine rings is 1. The van der Waals surface area contributed by atoms with E-state index in [0.29, 0.717) is 25.6 Å². The molecule has 1 aromatic heterocycles. The quantitative estimate of drug-likeness (QED) is 0.540. The molecule has 0 radical (unpaired) electrons. The molecule has 1 fully saturated rings. The number of anilines is 1. The lowest BCUT2D eigenvalue weighted by Gasteiger charge is -2.33. The van der Waals surface area contributed by atoms with Gasteiger partial charge in [-0.2, -0.15) is 0 Å². The lowest BCUT2D eigenvalue weighted by atomic mass is 10.1. The number of aliphatic imine (C=N–C) groups is 1. The van der Waals surface area contributed by atoms with Gasteiger partial charge in [-0.15, -0.1) is 11.3 Å². The predicted molar refractivity (Wildman–Crippen MR) is 119 cm³/mol. The van der Waals surface area contributed by atoms with Gasteiger partial charge < -0.3 is 25.0 Å². The first-order valence-corrected chi connectivity index (χ1v) is 11.5. The summed E-state index contributed by atoms with van der Waals surface area (Å²) in [5, 5.41) is 10.4. The van der Waals surface area contributed by atoms with Gasteiger partial charge in [-0.25, -0.2) is 4.39 Å². The van der Waals surface area contributed by atoms with Crippen LogP contribution >= 0.6 is 11.3 Å². The van der Waals surface area contributed by atoms with Gasteiger partial charge in [-0.1, -0.05) is 0 Å². The van der Waals surface area contributed by atoms with Crippen LogP contribution in [0.4, 0.5) is 9.39 Å². The molecule has 4 rings (SSSR count). The Labute approximate surface area is 181 Å². The zero-order valence-corrected chi connectivity index (χ0v) is 18.1. The van der Waals surface area contributed by atoms with Crippen molar-refractivity contribution >= 4 is 22.3 Å². The predicted octanol–water partition coefficient (Wildman–Crippen LogP) is 3.52. The number of nitrogens with zero attached hydrogens (tertiary/aromatic N) is 2. The maximum Gasteiger partial charge on any atom is 0.191 e. The molecule has 8 heteroatoms. The number of fused-ring (bicyclic) bond motifs is 1. The molecule has 30 heavy (non-hydrogen) atoms. The van der Waals surface area contributed by atoms with Crippen molar-refractivity contribution in [2.24, 2.45) is 4.99 Å². The third kappa shape index (κ3) is 5.23. The molecule has 0 amide bonds. The summed E-state index contributed by atoms with van der Waals surface area (Å²) in [6.45, 7) is 6.12. The molecule has 2 aromatic rings. The number of thiophene rings is 1. The topological polar surface area (TPSA) is 58.1 Å². The zero-order valence-electron chi connectivity index (χ0n) is 17.3. The van der Waals surface area contributed by atoms with Gasteiger partial charge in [0.05, 0.1) is 11.6 Å². The van der Waals surface area contributed by atoms with E-state index < -0.39 is 0 Å². The van der Waals surface area contributed by atoms with Crippen LogP contribution < -0.4 is 20.3 Å². The Balaban J connectivity index is 1.33. The fraction of sp³-hybridized carbons (Fsp3) is 0.500. The molecule has 0 spiro atoms. The monoisotopic (exact) mass is 432 g/mol. The molecule has 0 atom stereocenters. The van der Waals surface area contributed by atoms with Gasteiger partial charge >= 0.3 is 0 Å². The average Bonchev–Trinajstić information content (AvgIpc) is 3.29. The van der Waals surface area contributed by atoms with Crippen molar-refractivity contribution in [1.82, 2.24) is 10.6 Å². The fourth-order valence-corrected chi connectivity index (χ4v) is 4.72. The number of guanidine groups is 1. The van der Waals surface area contributed by atoms with E-state index in [1.807, 2.05) is 0 Å². The molecular weight excluding hydrogens is 403 g/mol. The molecule has 2 aliphatic heterocycles. The second-order valence-electron chi connectivity index (χ2n) is 7.53. The molecule has 0 saturated carbocycles. The standard InChI is InChI=1S/C22H29FN4O2S/c1-2-24-22(26-19-6-9-27(10-7-19)20-4-3-11-30-20)25-8-5-16-12-18(23)13-17-14-28-15-29-21(16)17/h3-4,11-13,19H,2,5-10,14-15H2,1H3,(H2,24,25,26). The highest BCUT2D eigenvalue weighted by atomic mass is 32.1. The number of rotatable bonds is 6. The van der Waals surface area contributed by atoms with Crippen LogP contribution in [0.15, 0.2) is 34.6 Å². The van der Waals surface area contributed by atoms with Crippen LogP contribution in [-0.2, 0) is 17.8 Å². The van der Waals surface area contributed by atoms with E-state index >= 15 is 0 Å². The average molecular weight is 433 g/mol. The van der Waals surface area contributed by atoms with Crippen LogP contribution in [0.5, 0.6) is 5.75 Å². The van der Waals surface area contributed by atoms with Crippen molar-refractivity contribution in [1.29, 1.82) is 0 Å². The van der Waals surface area contributed by atoms with Gasteiger partial charge in [0.25, 0.3) is 0 Å². The van der Waals surface area contributed by atoms with Crippen molar-refractivity contribution < 1.29 is 13.9 Å².